The van der Waals surface area contributed by atoms with Crippen LogP contribution >= 0.6 is 0 Å². The predicted molar refractivity (Wildman–Crippen MR) is 131 cm³/mol. The maximum atomic E-state index is 13.4. The summed E-state index contributed by atoms with van der Waals surface area (Å²) in [7, 11) is 0. The lowest BCUT2D eigenvalue weighted by Gasteiger charge is -2.31. The molecular formula is C27H33N3O4. The Morgan fingerprint density at radius 3 is 2.15 bits per heavy atom. The summed E-state index contributed by atoms with van der Waals surface area (Å²) in [6, 6.07) is 15.3. The lowest BCUT2D eigenvalue weighted by Crippen LogP contribution is -2.50. The number of nitrogens with one attached hydrogen (secondary N) is 2. The minimum absolute atomic E-state index is 0.277. The van der Waals surface area contributed by atoms with E-state index in [1.165, 1.54) is 6.92 Å². The first-order valence-electron chi connectivity index (χ1n) is 11.1. The van der Waals surface area contributed by atoms with Gasteiger partial charge in [-0.2, -0.15) is 0 Å². The summed E-state index contributed by atoms with van der Waals surface area (Å²) in [5, 5.41) is 5.40. The van der Waals surface area contributed by atoms with Crippen molar-refractivity contribution < 1.29 is 19.1 Å². The van der Waals surface area contributed by atoms with E-state index in [1.54, 1.807) is 20.8 Å². The van der Waals surface area contributed by atoms with E-state index in [-0.39, 0.29) is 6.54 Å². The minimum atomic E-state index is -1.08. The molecule has 2 N–H and O–H groups in total. The van der Waals surface area contributed by atoms with Crippen LogP contribution < -0.4 is 10.6 Å². The van der Waals surface area contributed by atoms with E-state index in [0.29, 0.717) is 5.56 Å². The molecule has 3 amide bonds. The van der Waals surface area contributed by atoms with Crippen molar-refractivity contribution in [1.82, 2.24) is 15.5 Å². The van der Waals surface area contributed by atoms with Gasteiger partial charge in [-0.25, -0.2) is 4.79 Å². The van der Waals surface area contributed by atoms with Crippen LogP contribution in [0.1, 0.15) is 56.0 Å². The Kier molecular flexibility index (Phi) is 8.85. The van der Waals surface area contributed by atoms with Crippen molar-refractivity contribution in [2.24, 2.45) is 0 Å². The van der Waals surface area contributed by atoms with Crippen molar-refractivity contribution in [3.05, 3.63) is 70.8 Å². The minimum Gasteiger partial charge on any atom is -0.444 e. The van der Waals surface area contributed by atoms with Crippen LogP contribution in [0.4, 0.5) is 4.79 Å². The molecule has 0 bridgehead atoms. The summed E-state index contributed by atoms with van der Waals surface area (Å²) >= 11 is 0. The molecule has 34 heavy (non-hydrogen) atoms. The first-order chi connectivity index (χ1) is 15.9. The fourth-order valence-electron chi connectivity index (χ4n) is 3.54. The zero-order valence-corrected chi connectivity index (χ0v) is 20.6. The number of carbonyl (C=O) groups excluding carboxylic acids is 3. The van der Waals surface area contributed by atoms with Gasteiger partial charge in [0.25, 0.3) is 5.91 Å². The summed E-state index contributed by atoms with van der Waals surface area (Å²) in [6.45, 7) is 10.7. The molecule has 0 heterocycles. The van der Waals surface area contributed by atoms with Crippen molar-refractivity contribution in [3.63, 3.8) is 0 Å². The van der Waals surface area contributed by atoms with Crippen LogP contribution in [-0.2, 0) is 20.9 Å². The van der Waals surface area contributed by atoms with Crippen LogP contribution in [0.3, 0.4) is 0 Å². The number of carbonyl (C=O) groups is 3. The van der Waals surface area contributed by atoms with Crippen LogP contribution in [0.25, 0.3) is 0 Å². The summed E-state index contributed by atoms with van der Waals surface area (Å²) < 4.78 is 5.24. The Morgan fingerprint density at radius 2 is 1.62 bits per heavy atom. The molecule has 0 fully saturated rings. The molecule has 0 saturated heterocycles. The standard InChI is InChI=1S/C27H33N3O4/c1-8-30(25(32)20(4)29-26(33)34-27(5,6)7)23(22-18(2)13-12-14-19(22)3)24(31)28-17-21-15-10-9-11-16-21/h1,9-16,20,23H,17H2,2-7H3,(H,28,31)(H,29,33). The molecule has 2 rings (SSSR count). The van der Waals surface area contributed by atoms with Gasteiger partial charge in [-0.1, -0.05) is 55.0 Å². The number of hydrogen-bond acceptors (Lipinski definition) is 4. The van der Waals surface area contributed by atoms with Crippen LogP contribution in [0, 0.1) is 26.3 Å². The van der Waals surface area contributed by atoms with E-state index in [0.717, 1.165) is 21.6 Å². The number of benzene rings is 2. The normalized spacial score (nSPS) is 12.6. The van der Waals surface area contributed by atoms with E-state index in [9.17, 15) is 14.4 Å². The number of alkyl carbamates (subject to hydrolysis) is 1. The highest BCUT2D eigenvalue weighted by Crippen LogP contribution is 2.28. The van der Waals surface area contributed by atoms with Gasteiger partial charge in [-0.05, 0) is 63.8 Å². The molecular weight excluding hydrogens is 430 g/mol. The summed E-state index contributed by atoms with van der Waals surface area (Å²) in [4.78, 5) is 40.0. The van der Waals surface area contributed by atoms with E-state index in [4.69, 9.17) is 11.2 Å². The highest BCUT2D eigenvalue weighted by molar-refractivity contribution is 5.93. The molecule has 2 aromatic rings. The number of aryl methyl sites for hydroxylation is 2. The zero-order chi connectivity index (χ0) is 25.5. The number of nitrogens with zero attached hydrogens (tertiary/aromatic N) is 1. The summed E-state index contributed by atoms with van der Waals surface area (Å²) in [6.07, 6.45) is 5.01. The molecule has 0 aliphatic carbocycles. The topological polar surface area (TPSA) is 87.7 Å². The molecule has 0 spiro atoms. The Bertz CT molecular complexity index is 1050. The maximum absolute atomic E-state index is 13.4. The van der Waals surface area contributed by atoms with Crippen molar-refractivity contribution >= 4 is 17.9 Å². The lowest BCUT2D eigenvalue weighted by molar-refractivity contribution is -0.138. The van der Waals surface area contributed by atoms with Gasteiger partial charge in [-0.15, -0.1) is 0 Å². The van der Waals surface area contributed by atoms with Crippen molar-refractivity contribution in [1.29, 1.82) is 0 Å². The molecule has 0 radical (unpaired) electrons. The smallest absolute Gasteiger partial charge is 0.408 e. The number of terminal acetylenes is 1. The van der Waals surface area contributed by atoms with E-state index in [2.05, 4.69) is 16.7 Å². The highest BCUT2D eigenvalue weighted by Gasteiger charge is 2.35. The zero-order valence-electron chi connectivity index (χ0n) is 20.6. The number of hydrogen-bond donors (Lipinski definition) is 2. The third kappa shape index (κ3) is 7.11. The molecule has 7 heteroatoms. The van der Waals surface area contributed by atoms with E-state index in [1.807, 2.05) is 62.4 Å². The van der Waals surface area contributed by atoms with Gasteiger partial charge in [0, 0.05) is 12.6 Å². The summed E-state index contributed by atoms with van der Waals surface area (Å²) in [5.74, 6) is -1.02. The molecule has 0 aliphatic rings. The molecule has 2 unspecified atom stereocenters. The monoisotopic (exact) mass is 463 g/mol. The molecule has 0 aliphatic heterocycles. The van der Waals surface area contributed by atoms with Crippen molar-refractivity contribution in [2.45, 2.75) is 65.8 Å². The van der Waals surface area contributed by atoms with Crippen molar-refractivity contribution in [2.75, 3.05) is 0 Å². The fourth-order valence-corrected chi connectivity index (χ4v) is 3.54. The lowest BCUT2D eigenvalue weighted by atomic mass is 9.94. The van der Waals surface area contributed by atoms with E-state index < -0.39 is 35.6 Å². The summed E-state index contributed by atoms with van der Waals surface area (Å²) in [5.41, 5.74) is 2.47. The van der Waals surface area contributed by atoms with Crippen LogP contribution in [-0.4, -0.2) is 34.5 Å². The first kappa shape index (κ1) is 26.5. The molecule has 180 valence electrons. The first-order valence-corrected chi connectivity index (χ1v) is 11.1. The number of amides is 3. The third-order valence-electron chi connectivity index (χ3n) is 5.11. The van der Waals surface area contributed by atoms with Gasteiger partial charge in [0.1, 0.15) is 17.7 Å². The third-order valence-corrected chi connectivity index (χ3v) is 5.11. The maximum Gasteiger partial charge on any atom is 0.408 e. The SMILES string of the molecule is C#CN(C(=O)C(C)NC(=O)OC(C)(C)C)C(C(=O)NCc1ccccc1)c1c(C)cccc1C. The van der Waals surface area contributed by atoms with Crippen LogP contribution in [0.15, 0.2) is 48.5 Å². The van der Waals surface area contributed by atoms with Gasteiger partial charge in [0.15, 0.2) is 0 Å². The largest absolute Gasteiger partial charge is 0.444 e. The quantitative estimate of drug-likeness (QED) is 0.480. The number of rotatable bonds is 7. The second-order valence-electron chi connectivity index (χ2n) is 9.12. The van der Waals surface area contributed by atoms with Gasteiger partial charge in [0.05, 0.1) is 0 Å². The fraction of sp³-hybridized carbons (Fsp3) is 0.370. The molecule has 0 saturated carbocycles. The molecule has 2 atom stereocenters. The Labute approximate surface area is 201 Å². The van der Waals surface area contributed by atoms with Crippen LogP contribution in [0.2, 0.25) is 0 Å². The Balaban J connectivity index is 2.35. The second-order valence-corrected chi connectivity index (χ2v) is 9.12. The Hall–Kier alpha value is -3.79. The van der Waals surface area contributed by atoms with Gasteiger partial charge in [-0.3, -0.25) is 14.5 Å². The molecule has 0 aromatic heterocycles. The average Bonchev–Trinajstić information content (AvgIpc) is 2.75. The van der Waals surface area contributed by atoms with Crippen LogP contribution in [0.5, 0.6) is 0 Å². The predicted octanol–water partition coefficient (Wildman–Crippen LogP) is 3.99. The van der Waals surface area contributed by atoms with Gasteiger partial charge < -0.3 is 15.4 Å². The molecule has 2 aromatic carbocycles. The second kappa shape index (κ2) is 11.4. The van der Waals surface area contributed by atoms with Gasteiger partial charge in [0.2, 0.25) is 5.91 Å². The molecule has 7 nitrogen and oxygen atoms in total. The van der Waals surface area contributed by atoms with Gasteiger partial charge >= 0.3 is 6.09 Å². The van der Waals surface area contributed by atoms with E-state index >= 15 is 0 Å². The van der Waals surface area contributed by atoms with Crippen molar-refractivity contribution in [3.8, 4) is 12.5 Å². The Morgan fingerprint density at radius 1 is 1.03 bits per heavy atom. The number of ether oxygens (including phenoxy) is 1. The average molecular weight is 464 g/mol. The highest BCUT2D eigenvalue weighted by atomic mass is 16.6.